The highest BCUT2D eigenvalue weighted by atomic mass is 16.5. The second kappa shape index (κ2) is 7.38. The minimum atomic E-state index is 0.339. The number of hydrogen-bond acceptors (Lipinski definition) is 2. The second-order valence-electron chi connectivity index (χ2n) is 6.12. The van der Waals surface area contributed by atoms with Gasteiger partial charge in [0.1, 0.15) is 0 Å². The van der Waals surface area contributed by atoms with Gasteiger partial charge in [-0.05, 0) is 44.1 Å². The maximum absolute atomic E-state index is 6.28. The molecule has 4 atom stereocenters. The van der Waals surface area contributed by atoms with Gasteiger partial charge in [-0.3, -0.25) is 0 Å². The Hall–Kier alpha value is -0.0800. The van der Waals surface area contributed by atoms with E-state index < -0.39 is 0 Å². The summed E-state index contributed by atoms with van der Waals surface area (Å²) in [6.07, 6.45) is 4.79. The van der Waals surface area contributed by atoms with E-state index in [1.165, 1.54) is 19.3 Å². The molecule has 1 aliphatic rings. The van der Waals surface area contributed by atoms with Crippen molar-refractivity contribution in [2.45, 2.75) is 66.1 Å². The first-order valence-corrected chi connectivity index (χ1v) is 7.40. The topological polar surface area (TPSA) is 21.3 Å². The molecule has 0 saturated heterocycles. The Morgan fingerprint density at radius 2 is 1.94 bits per heavy atom. The lowest BCUT2D eigenvalue weighted by Crippen LogP contribution is -2.39. The van der Waals surface area contributed by atoms with Crippen LogP contribution in [-0.4, -0.2) is 25.3 Å². The third kappa shape index (κ3) is 4.97. The van der Waals surface area contributed by atoms with E-state index in [9.17, 15) is 0 Å². The standard InChI is InChI=1S/C15H31NO/c1-6-16-10-13(5)17-15-9-12(4)7-8-14(15)11(2)3/h11-16H,6-10H2,1-5H3. The molecule has 0 aromatic carbocycles. The fourth-order valence-electron chi connectivity index (χ4n) is 2.97. The summed E-state index contributed by atoms with van der Waals surface area (Å²) >= 11 is 0. The van der Waals surface area contributed by atoms with Crippen molar-refractivity contribution in [3.05, 3.63) is 0 Å². The summed E-state index contributed by atoms with van der Waals surface area (Å²) in [5.41, 5.74) is 0. The van der Waals surface area contributed by atoms with Gasteiger partial charge < -0.3 is 10.1 Å². The Kier molecular flexibility index (Phi) is 6.50. The molecule has 0 aliphatic heterocycles. The van der Waals surface area contributed by atoms with Crippen molar-refractivity contribution >= 4 is 0 Å². The summed E-state index contributed by atoms with van der Waals surface area (Å²) in [7, 11) is 0. The van der Waals surface area contributed by atoms with Gasteiger partial charge in [-0.25, -0.2) is 0 Å². The molecule has 0 bridgehead atoms. The molecule has 1 fully saturated rings. The zero-order valence-electron chi connectivity index (χ0n) is 12.3. The first-order valence-electron chi connectivity index (χ1n) is 7.40. The van der Waals surface area contributed by atoms with Crippen LogP contribution in [0.3, 0.4) is 0 Å². The van der Waals surface area contributed by atoms with Gasteiger partial charge in [0.15, 0.2) is 0 Å². The lowest BCUT2D eigenvalue weighted by atomic mass is 9.75. The van der Waals surface area contributed by atoms with E-state index in [-0.39, 0.29) is 0 Å². The lowest BCUT2D eigenvalue weighted by Gasteiger charge is -2.38. The van der Waals surface area contributed by atoms with Gasteiger partial charge in [0, 0.05) is 6.54 Å². The highest BCUT2D eigenvalue weighted by Crippen LogP contribution is 2.35. The monoisotopic (exact) mass is 241 g/mol. The highest BCUT2D eigenvalue weighted by molar-refractivity contribution is 4.82. The van der Waals surface area contributed by atoms with Crippen molar-refractivity contribution < 1.29 is 4.74 Å². The van der Waals surface area contributed by atoms with Crippen LogP contribution >= 0.6 is 0 Å². The Balaban J connectivity index is 2.45. The molecule has 2 nitrogen and oxygen atoms in total. The minimum absolute atomic E-state index is 0.339. The number of nitrogens with one attached hydrogen (secondary N) is 1. The van der Waals surface area contributed by atoms with Gasteiger partial charge in [0.25, 0.3) is 0 Å². The Morgan fingerprint density at radius 1 is 1.24 bits per heavy atom. The molecule has 1 saturated carbocycles. The summed E-state index contributed by atoms with van der Waals surface area (Å²) in [6.45, 7) is 13.4. The van der Waals surface area contributed by atoms with Crippen LogP contribution in [0.5, 0.6) is 0 Å². The van der Waals surface area contributed by atoms with E-state index in [4.69, 9.17) is 4.74 Å². The van der Waals surface area contributed by atoms with Crippen molar-refractivity contribution in [1.82, 2.24) is 5.32 Å². The van der Waals surface area contributed by atoms with E-state index in [1.54, 1.807) is 0 Å². The largest absolute Gasteiger partial charge is 0.374 e. The second-order valence-corrected chi connectivity index (χ2v) is 6.12. The maximum atomic E-state index is 6.28. The Morgan fingerprint density at radius 3 is 2.53 bits per heavy atom. The molecule has 17 heavy (non-hydrogen) atoms. The molecule has 102 valence electrons. The summed E-state index contributed by atoms with van der Waals surface area (Å²) in [6, 6.07) is 0. The predicted molar refractivity (Wildman–Crippen MR) is 74.2 cm³/mol. The van der Waals surface area contributed by atoms with E-state index in [0.29, 0.717) is 12.2 Å². The predicted octanol–water partition coefficient (Wildman–Crippen LogP) is 3.46. The number of hydrogen-bond donors (Lipinski definition) is 1. The molecular formula is C15H31NO. The molecule has 0 aromatic rings. The molecular weight excluding hydrogens is 210 g/mol. The molecule has 0 amide bonds. The molecule has 0 radical (unpaired) electrons. The highest BCUT2D eigenvalue weighted by Gasteiger charge is 2.32. The average Bonchev–Trinajstić information content (AvgIpc) is 2.26. The lowest BCUT2D eigenvalue weighted by molar-refractivity contribution is -0.0725. The van der Waals surface area contributed by atoms with Crippen molar-refractivity contribution in [2.75, 3.05) is 13.1 Å². The summed E-state index contributed by atoms with van der Waals surface area (Å²) in [4.78, 5) is 0. The zero-order valence-corrected chi connectivity index (χ0v) is 12.3. The van der Waals surface area contributed by atoms with Crippen LogP contribution in [0.25, 0.3) is 0 Å². The minimum Gasteiger partial charge on any atom is -0.374 e. The van der Waals surface area contributed by atoms with Crippen LogP contribution in [-0.2, 0) is 4.74 Å². The third-order valence-electron chi connectivity index (χ3n) is 4.05. The van der Waals surface area contributed by atoms with Crippen LogP contribution in [0.2, 0.25) is 0 Å². The van der Waals surface area contributed by atoms with Gasteiger partial charge in [-0.15, -0.1) is 0 Å². The van der Waals surface area contributed by atoms with Crippen LogP contribution in [0.4, 0.5) is 0 Å². The first-order chi connectivity index (χ1) is 8.04. The normalized spacial score (nSPS) is 31.8. The van der Waals surface area contributed by atoms with Crippen LogP contribution in [0.15, 0.2) is 0 Å². The molecule has 4 unspecified atom stereocenters. The van der Waals surface area contributed by atoms with E-state index in [2.05, 4.69) is 39.9 Å². The van der Waals surface area contributed by atoms with Crippen molar-refractivity contribution in [3.8, 4) is 0 Å². The van der Waals surface area contributed by atoms with Crippen LogP contribution in [0, 0.1) is 17.8 Å². The quantitative estimate of drug-likeness (QED) is 0.769. The van der Waals surface area contributed by atoms with E-state index >= 15 is 0 Å². The Bertz CT molecular complexity index is 205. The third-order valence-corrected chi connectivity index (χ3v) is 4.05. The van der Waals surface area contributed by atoms with Crippen LogP contribution < -0.4 is 5.32 Å². The molecule has 0 spiro atoms. The maximum Gasteiger partial charge on any atom is 0.0675 e. The number of rotatable bonds is 6. The van der Waals surface area contributed by atoms with Gasteiger partial charge >= 0.3 is 0 Å². The van der Waals surface area contributed by atoms with Gasteiger partial charge in [-0.2, -0.15) is 0 Å². The van der Waals surface area contributed by atoms with Gasteiger partial charge in [0.2, 0.25) is 0 Å². The molecule has 1 rings (SSSR count). The molecule has 2 heteroatoms. The number of likely N-dealkylation sites (N-methyl/N-ethyl adjacent to an activating group) is 1. The van der Waals surface area contributed by atoms with Gasteiger partial charge in [0.05, 0.1) is 12.2 Å². The zero-order chi connectivity index (χ0) is 12.8. The summed E-state index contributed by atoms with van der Waals surface area (Å²) < 4.78 is 6.28. The van der Waals surface area contributed by atoms with E-state index in [0.717, 1.165) is 30.8 Å². The van der Waals surface area contributed by atoms with Crippen molar-refractivity contribution in [3.63, 3.8) is 0 Å². The molecule has 1 N–H and O–H groups in total. The Labute approximate surface area is 108 Å². The fourth-order valence-corrected chi connectivity index (χ4v) is 2.97. The molecule has 1 aliphatic carbocycles. The SMILES string of the molecule is CCNCC(C)OC1CC(C)CCC1C(C)C. The number of ether oxygens (including phenoxy) is 1. The van der Waals surface area contributed by atoms with Crippen molar-refractivity contribution in [2.24, 2.45) is 17.8 Å². The van der Waals surface area contributed by atoms with Gasteiger partial charge in [-0.1, -0.05) is 34.1 Å². The first kappa shape index (κ1) is 15.0. The van der Waals surface area contributed by atoms with Crippen molar-refractivity contribution in [1.29, 1.82) is 0 Å². The fraction of sp³-hybridized carbons (Fsp3) is 1.00. The summed E-state index contributed by atoms with van der Waals surface area (Å²) in [5.74, 6) is 2.34. The average molecular weight is 241 g/mol. The molecule has 0 heterocycles. The summed E-state index contributed by atoms with van der Waals surface area (Å²) in [5, 5.41) is 3.37. The van der Waals surface area contributed by atoms with E-state index in [1.807, 2.05) is 0 Å². The van der Waals surface area contributed by atoms with Crippen LogP contribution in [0.1, 0.15) is 53.9 Å². The molecule has 0 aromatic heterocycles. The smallest absolute Gasteiger partial charge is 0.0675 e.